The number of benzene rings is 1. The van der Waals surface area contributed by atoms with E-state index < -0.39 is 0 Å². The van der Waals surface area contributed by atoms with E-state index in [1.807, 2.05) is 0 Å². The summed E-state index contributed by atoms with van der Waals surface area (Å²) in [5.74, 6) is -0.402. The minimum absolute atomic E-state index is 0.124. The van der Waals surface area contributed by atoms with Crippen LogP contribution in [-0.2, 0) is 9.53 Å². The van der Waals surface area contributed by atoms with Gasteiger partial charge in [-0.3, -0.25) is 9.69 Å². The Labute approximate surface area is 124 Å². The quantitative estimate of drug-likeness (QED) is 0.641. The van der Waals surface area contributed by atoms with Crippen LogP contribution in [0.5, 0.6) is 0 Å². The molecule has 1 aromatic rings. The lowest BCUT2D eigenvalue weighted by Crippen LogP contribution is -2.38. The number of carbonyl (C=O) groups excluding carboxylic acids is 1. The lowest BCUT2D eigenvalue weighted by molar-refractivity contribution is -0.116. The van der Waals surface area contributed by atoms with Gasteiger partial charge in [-0.15, -0.1) is 0 Å². The van der Waals surface area contributed by atoms with Gasteiger partial charge in [0.2, 0.25) is 5.91 Å². The first-order valence-corrected chi connectivity index (χ1v) is 7.25. The molecule has 1 heterocycles. The first-order valence-electron chi connectivity index (χ1n) is 7.25. The van der Waals surface area contributed by atoms with E-state index in [2.05, 4.69) is 10.2 Å². The Morgan fingerprint density at radius 3 is 2.71 bits per heavy atom. The Morgan fingerprint density at radius 2 is 2.00 bits per heavy atom. The van der Waals surface area contributed by atoms with E-state index >= 15 is 0 Å². The van der Waals surface area contributed by atoms with Gasteiger partial charge in [0, 0.05) is 25.7 Å². The Bertz CT molecular complexity index is 468. The van der Waals surface area contributed by atoms with Gasteiger partial charge < -0.3 is 10.1 Å². The van der Waals surface area contributed by atoms with Gasteiger partial charge in [0.05, 0.1) is 13.2 Å². The number of hydrogen-bond donors (Lipinski definition) is 1. The number of carbonyl (C=O) groups is 1. The molecule has 0 spiro atoms. The molecule has 0 unspecified atom stereocenters. The van der Waals surface area contributed by atoms with Crippen molar-refractivity contribution in [3.63, 3.8) is 0 Å². The molecule has 114 valence electrons. The highest BCUT2D eigenvalue weighted by molar-refractivity contribution is 5.91. The van der Waals surface area contributed by atoms with E-state index in [0.717, 1.165) is 44.8 Å². The minimum atomic E-state index is -0.278. The topological polar surface area (TPSA) is 41.6 Å². The monoisotopic (exact) mass is 292 g/mol. The van der Waals surface area contributed by atoms with E-state index in [1.54, 1.807) is 18.2 Å². The molecule has 1 fully saturated rings. The van der Waals surface area contributed by atoms with Crippen LogP contribution in [0.2, 0.25) is 0 Å². The standard InChI is InChI=1S/C16H21FN2O2/c17-15-5-2-14(3-6-15)4-7-16(20)18-8-1-9-19-10-12-21-13-11-19/h2-7H,1,8-13H2,(H,18,20). The molecule has 1 aliphatic rings. The number of halogens is 1. The van der Waals surface area contributed by atoms with Gasteiger partial charge in [-0.25, -0.2) is 4.39 Å². The SMILES string of the molecule is O=C(C=Cc1ccc(F)cc1)NCCCN1CCOCC1. The molecule has 2 rings (SSSR count). The normalized spacial score (nSPS) is 16.2. The second-order valence-corrected chi connectivity index (χ2v) is 4.98. The second-order valence-electron chi connectivity index (χ2n) is 4.98. The lowest BCUT2D eigenvalue weighted by Gasteiger charge is -2.26. The van der Waals surface area contributed by atoms with Crippen LogP contribution >= 0.6 is 0 Å². The third-order valence-corrected chi connectivity index (χ3v) is 3.35. The highest BCUT2D eigenvalue weighted by Gasteiger charge is 2.09. The zero-order valence-electron chi connectivity index (χ0n) is 12.1. The number of rotatable bonds is 6. The van der Waals surface area contributed by atoms with Crippen LogP contribution in [0.1, 0.15) is 12.0 Å². The van der Waals surface area contributed by atoms with Gasteiger partial charge in [-0.05, 0) is 36.7 Å². The van der Waals surface area contributed by atoms with Crippen molar-refractivity contribution >= 4 is 12.0 Å². The summed E-state index contributed by atoms with van der Waals surface area (Å²) in [4.78, 5) is 14.0. The first-order chi connectivity index (χ1) is 10.2. The van der Waals surface area contributed by atoms with Gasteiger partial charge in [-0.1, -0.05) is 12.1 Å². The molecule has 0 saturated carbocycles. The molecule has 1 aromatic carbocycles. The largest absolute Gasteiger partial charge is 0.379 e. The maximum atomic E-state index is 12.7. The molecule has 0 radical (unpaired) electrons. The summed E-state index contributed by atoms with van der Waals surface area (Å²) < 4.78 is 18.0. The molecule has 0 aromatic heterocycles. The molecular formula is C16H21FN2O2. The van der Waals surface area contributed by atoms with E-state index in [1.165, 1.54) is 18.2 Å². The molecule has 1 saturated heterocycles. The van der Waals surface area contributed by atoms with Gasteiger partial charge in [0.25, 0.3) is 0 Å². The van der Waals surface area contributed by atoms with Crippen LogP contribution in [-0.4, -0.2) is 50.2 Å². The van der Waals surface area contributed by atoms with Crippen LogP contribution < -0.4 is 5.32 Å². The van der Waals surface area contributed by atoms with Gasteiger partial charge in [0.1, 0.15) is 5.82 Å². The van der Waals surface area contributed by atoms with Crippen molar-refractivity contribution < 1.29 is 13.9 Å². The second kappa shape index (κ2) is 8.54. The van der Waals surface area contributed by atoms with Crippen molar-refractivity contribution in [2.75, 3.05) is 39.4 Å². The summed E-state index contributed by atoms with van der Waals surface area (Å²) in [6.07, 6.45) is 4.08. The Hall–Kier alpha value is -1.72. The third kappa shape index (κ3) is 6.06. The van der Waals surface area contributed by atoms with E-state index in [0.29, 0.717) is 6.54 Å². The fraction of sp³-hybridized carbons (Fsp3) is 0.438. The number of ether oxygens (including phenoxy) is 1. The summed E-state index contributed by atoms with van der Waals surface area (Å²) >= 11 is 0. The number of hydrogen-bond acceptors (Lipinski definition) is 3. The van der Waals surface area contributed by atoms with Crippen LogP contribution in [0.3, 0.4) is 0 Å². The Morgan fingerprint density at radius 1 is 1.29 bits per heavy atom. The average molecular weight is 292 g/mol. The number of nitrogens with zero attached hydrogens (tertiary/aromatic N) is 1. The third-order valence-electron chi connectivity index (χ3n) is 3.35. The molecular weight excluding hydrogens is 271 g/mol. The van der Waals surface area contributed by atoms with E-state index in [-0.39, 0.29) is 11.7 Å². The van der Waals surface area contributed by atoms with Crippen LogP contribution in [0.4, 0.5) is 4.39 Å². The Balaban J connectivity index is 1.61. The highest BCUT2D eigenvalue weighted by Crippen LogP contribution is 2.04. The molecule has 0 aliphatic carbocycles. The zero-order chi connectivity index (χ0) is 14.9. The van der Waals surface area contributed by atoms with Crippen molar-refractivity contribution in [2.45, 2.75) is 6.42 Å². The predicted octanol–water partition coefficient (Wildman–Crippen LogP) is 1.68. The molecule has 4 nitrogen and oxygen atoms in total. The lowest BCUT2D eigenvalue weighted by atomic mass is 10.2. The summed E-state index contributed by atoms with van der Waals surface area (Å²) in [7, 11) is 0. The fourth-order valence-electron chi connectivity index (χ4n) is 2.14. The molecule has 1 amide bonds. The summed E-state index contributed by atoms with van der Waals surface area (Å²) in [6.45, 7) is 5.17. The number of amides is 1. The fourth-order valence-corrected chi connectivity index (χ4v) is 2.14. The van der Waals surface area contributed by atoms with Gasteiger partial charge >= 0.3 is 0 Å². The van der Waals surface area contributed by atoms with Crippen molar-refractivity contribution in [3.8, 4) is 0 Å². The molecule has 0 bridgehead atoms. The summed E-state index contributed by atoms with van der Waals surface area (Å²) in [5.41, 5.74) is 0.805. The van der Waals surface area contributed by atoms with Crippen LogP contribution in [0.15, 0.2) is 30.3 Å². The van der Waals surface area contributed by atoms with Crippen molar-refractivity contribution in [3.05, 3.63) is 41.7 Å². The zero-order valence-corrected chi connectivity index (χ0v) is 12.1. The van der Waals surface area contributed by atoms with Crippen molar-refractivity contribution in [1.29, 1.82) is 0 Å². The van der Waals surface area contributed by atoms with E-state index in [9.17, 15) is 9.18 Å². The number of nitrogens with one attached hydrogen (secondary N) is 1. The summed E-state index contributed by atoms with van der Waals surface area (Å²) in [6, 6.07) is 6.02. The predicted molar refractivity (Wildman–Crippen MR) is 80.3 cm³/mol. The van der Waals surface area contributed by atoms with Gasteiger partial charge in [-0.2, -0.15) is 0 Å². The molecule has 21 heavy (non-hydrogen) atoms. The highest BCUT2D eigenvalue weighted by atomic mass is 19.1. The molecule has 1 aliphatic heterocycles. The number of morpholine rings is 1. The smallest absolute Gasteiger partial charge is 0.243 e. The van der Waals surface area contributed by atoms with E-state index in [4.69, 9.17) is 4.74 Å². The van der Waals surface area contributed by atoms with Crippen LogP contribution in [0, 0.1) is 5.82 Å². The first kappa shape index (κ1) is 15.7. The minimum Gasteiger partial charge on any atom is -0.379 e. The average Bonchev–Trinajstić information content (AvgIpc) is 2.52. The summed E-state index contributed by atoms with van der Waals surface area (Å²) in [5, 5.41) is 2.85. The molecule has 1 N–H and O–H groups in total. The maximum Gasteiger partial charge on any atom is 0.243 e. The van der Waals surface area contributed by atoms with Crippen LogP contribution in [0.25, 0.3) is 6.08 Å². The molecule has 0 atom stereocenters. The van der Waals surface area contributed by atoms with Crippen molar-refractivity contribution in [1.82, 2.24) is 10.2 Å². The molecule has 5 heteroatoms. The Kier molecular flexibility index (Phi) is 6.37. The maximum absolute atomic E-state index is 12.7. The van der Waals surface area contributed by atoms with Crippen molar-refractivity contribution in [2.24, 2.45) is 0 Å². The van der Waals surface area contributed by atoms with Gasteiger partial charge in [0.15, 0.2) is 0 Å².